The van der Waals surface area contributed by atoms with Gasteiger partial charge in [-0.3, -0.25) is 4.79 Å². The van der Waals surface area contributed by atoms with Crippen molar-refractivity contribution in [1.29, 1.82) is 0 Å². The predicted molar refractivity (Wildman–Crippen MR) is 90.4 cm³/mol. The van der Waals surface area contributed by atoms with Gasteiger partial charge in [0.2, 0.25) is 0 Å². The lowest BCUT2D eigenvalue weighted by Gasteiger charge is -2.08. The normalized spacial score (nSPS) is 10.9. The molecular formula is C19H12O2S. The first-order valence-electron chi connectivity index (χ1n) is 6.98. The van der Waals surface area contributed by atoms with E-state index in [0.717, 1.165) is 39.0 Å². The zero-order valence-electron chi connectivity index (χ0n) is 11.7. The van der Waals surface area contributed by atoms with Gasteiger partial charge >= 0.3 is 0 Å². The van der Waals surface area contributed by atoms with E-state index in [2.05, 4.69) is 0 Å². The highest BCUT2D eigenvalue weighted by molar-refractivity contribution is 7.13. The van der Waals surface area contributed by atoms with E-state index in [1.807, 2.05) is 66.0 Å². The Kier molecular flexibility index (Phi) is 3.13. The number of para-hydroxylation sites is 1. The quantitative estimate of drug-likeness (QED) is 0.458. The average molecular weight is 304 g/mol. The van der Waals surface area contributed by atoms with Crippen LogP contribution in [-0.4, -0.2) is 6.29 Å². The van der Waals surface area contributed by atoms with Crippen LogP contribution in [0.3, 0.4) is 0 Å². The Morgan fingerprint density at radius 1 is 0.955 bits per heavy atom. The third kappa shape index (κ3) is 2.07. The molecule has 106 valence electrons. The lowest BCUT2D eigenvalue weighted by atomic mass is 9.98. The van der Waals surface area contributed by atoms with Crippen molar-refractivity contribution < 1.29 is 9.21 Å². The number of fused-ring (bicyclic) bond motifs is 1. The number of rotatable bonds is 3. The number of carbonyl (C=O) groups excluding carboxylic acids is 1. The Hall–Kier alpha value is -2.65. The molecule has 0 aliphatic carbocycles. The van der Waals surface area contributed by atoms with Crippen LogP contribution in [0.5, 0.6) is 0 Å². The summed E-state index contributed by atoms with van der Waals surface area (Å²) >= 11 is 1.62. The van der Waals surface area contributed by atoms with E-state index in [-0.39, 0.29) is 0 Å². The lowest BCUT2D eigenvalue weighted by Crippen LogP contribution is -1.89. The number of carbonyl (C=O) groups is 1. The van der Waals surface area contributed by atoms with Crippen LogP contribution in [-0.2, 0) is 0 Å². The first kappa shape index (κ1) is 13.0. The van der Waals surface area contributed by atoms with Crippen molar-refractivity contribution in [2.75, 3.05) is 0 Å². The second-order valence-electron chi connectivity index (χ2n) is 5.01. The van der Waals surface area contributed by atoms with Gasteiger partial charge in [0, 0.05) is 27.0 Å². The summed E-state index contributed by atoms with van der Waals surface area (Å²) in [7, 11) is 0. The Bertz CT molecular complexity index is 916. The summed E-state index contributed by atoms with van der Waals surface area (Å²) in [6.07, 6.45) is 0.904. The molecule has 0 saturated carbocycles. The smallest absolute Gasteiger partial charge is 0.150 e. The lowest BCUT2D eigenvalue weighted by molar-refractivity contribution is 0.112. The van der Waals surface area contributed by atoms with Gasteiger partial charge in [0.15, 0.2) is 6.29 Å². The number of aldehydes is 1. The molecule has 0 N–H and O–H groups in total. The van der Waals surface area contributed by atoms with Crippen LogP contribution < -0.4 is 0 Å². The largest absolute Gasteiger partial charge is 0.456 e. The zero-order valence-corrected chi connectivity index (χ0v) is 12.5. The van der Waals surface area contributed by atoms with Crippen LogP contribution in [0.2, 0.25) is 0 Å². The third-order valence-corrected chi connectivity index (χ3v) is 4.57. The van der Waals surface area contributed by atoms with Gasteiger partial charge in [0.25, 0.3) is 0 Å². The Morgan fingerprint density at radius 3 is 2.64 bits per heavy atom. The highest BCUT2D eigenvalue weighted by atomic mass is 32.1. The first-order chi connectivity index (χ1) is 10.9. The third-order valence-electron chi connectivity index (χ3n) is 3.68. The molecule has 0 amide bonds. The maximum absolute atomic E-state index is 11.5. The number of hydrogen-bond donors (Lipinski definition) is 0. The summed E-state index contributed by atoms with van der Waals surface area (Å²) in [5, 5.41) is 3.07. The molecule has 0 aliphatic heterocycles. The molecule has 2 heterocycles. The van der Waals surface area contributed by atoms with Crippen molar-refractivity contribution >= 4 is 28.6 Å². The van der Waals surface area contributed by atoms with Crippen molar-refractivity contribution in [3.05, 3.63) is 71.6 Å². The fourth-order valence-corrected chi connectivity index (χ4v) is 3.49. The molecule has 22 heavy (non-hydrogen) atoms. The highest BCUT2D eigenvalue weighted by Crippen LogP contribution is 2.38. The number of thiophene rings is 1. The molecule has 0 spiro atoms. The minimum absolute atomic E-state index is 0.681. The fraction of sp³-hybridized carbons (Fsp3) is 0. The molecule has 0 atom stereocenters. The summed E-state index contributed by atoms with van der Waals surface area (Å²) in [5.41, 5.74) is 3.42. The van der Waals surface area contributed by atoms with Crippen molar-refractivity contribution in [3.8, 4) is 21.8 Å². The topological polar surface area (TPSA) is 30.2 Å². The molecule has 0 bridgehead atoms. The van der Waals surface area contributed by atoms with Crippen molar-refractivity contribution in [3.63, 3.8) is 0 Å². The van der Waals surface area contributed by atoms with E-state index >= 15 is 0 Å². The maximum Gasteiger partial charge on any atom is 0.150 e. The number of benzene rings is 2. The fourth-order valence-electron chi connectivity index (χ4n) is 2.68. The molecule has 2 nitrogen and oxygen atoms in total. The van der Waals surface area contributed by atoms with Crippen molar-refractivity contribution in [2.45, 2.75) is 0 Å². The van der Waals surface area contributed by atoms with Gasteiger partial charge in [-0.2, -0.15) is 0 Å². The maximum atomic E-state index is 11.5. The first-order valence-corrected chi connectivity index (χ1v) is 7.86. The molecule has 4 rings (SSSR count). The zero-order chi connectivity index (χ0) is 14.9. The summed E-state index contributed by atoms with van der Waals surface area (Å²) in [4.78, 5) is 12.5. The van der Waals surface area contributed by atoms with Gasteiger partial charge in [-0.1, -0.05) is 42.5 Å². The van der Waals surface area contributed by atoms with Crippen LogP contribution in [0.25, 0.3) is 32.7 Å². The summed E-state index contributed by atoms with van der Waals surface area (Å²) < 4.78 is 5.98. The van der Waals surface area contributed by atoms with Gasteiger partial charge in [0.1, 0.15) is 11.3 Å². The second kappa shape index (κ2) is 5.28. The van der Waals surface area contributed by atoms with Crippen LogP contribution in [0.1, 0.15) is 10.4 Å². The van der Waals surface area contributed by atoms with Gasteiger partial charge in [-0.15, -0.1) is 11.3 Å². The molecule has 3 heteroatoms. The second-order valence-corrected chi connectivity index (χ2v) is 5.96. The van der Waals surface area contributed by atoms with E-state index in [1.165, 1.54) is 0 Å². The number of hydrogen-bond acceptors (Lipinski definition) is 3. The summed E-state index contributed by atoms with van der Waals surface area (Å²) in [6.45, 7) is 0. The summed E-state index contributed by atoms with van der Waals surface area (Å²) in [6, 6.07) is 19.7. The van der Waals surface area contributed by atoms with Crippen LogP contribution in [0.4, 0.5) is 0 Å². The van der Waals surface area contributed by atoms with E-state index in [1.54, 1.807) is 11.3 Å². The molecule has 2 aromatic carbocycles. The molecule has 0 unspecified atom stereocenters. The monoisotopic (exact) mass is 304 g/mol. The number of furan rings is 1. The highest BCUT2D eigenvalue weighted by Gasteiger charge is 2.15. The van der Waals surface area contributed by atoms with Gasteiger partial charge in [-0.05, 0) is 23.6 Å². The van der Waals surface area contributed by atoms with Gasteiger partial charge in [-0.25, -0.2) is 0 Å². The molecule has 0 fully saturated rings. The molecule has 0 saturated heterocycles. The van der Waals surface area contributed by atoms with E-state index in [4.69, 9.17) is 4.42 Å². The van der Waals surface area contributed by atoms with Crippen LogP contribution in [0, 0.1) is 0 Å². The van der Waals surface area contributed by atoms with Gasteiger partial charge < -0.3 is 4.42 Å². The van der Waals surface area contributed by atoms with E-state index < -0.39 is 0 Å². The van der Waals surface area contributed by atoms with Crippen molar-refractivity contribution in [1.82, 2.24) is 0 Å². The Labute approximate surface area is 131 Å². The molecule has 2 aromatic heterocycles. The standard InChI is InChI=1S/C19H12O2S/c20-12-14-6-3-7-15(19(14)18-9-4-10-22-18)17-11-13-5-1-2-8-16(13)21-17/h1-12H. The van der Waals surface area contributed by atoms with E-state index in [0.29, 0.717) is 5.56 Å². The van der Waals surface area contributed by atoms with E-state index in [9.17, 15) is 4.79 Å². The molecule has 4 aromatic rings. The SMILES string of the molecule is O=Cc1cccc(-c2cc3ccccc3o2)c1-c1cccs1. The summed E-state index contributed by atoms with van der Waals surface area (Å²) in [5.74, 6) is 0.785. The predicted octanol–water partition coefficient (Wildman–Crippen LogP) is 5.64. The van der Waals surface area contributed by atoms with Crippen LogP contribution >= 0.6 is 11.3 Å². The Morgan fingerprint density at radius 2 is 1.86 bits per heavy atom. The molecule has 0 radical (unpaired) electrons. The minimum Gasteiger partial charge on any atom is -0.456 e. The average Bonchev–Trinajstić information content (AvgIpc) is 3.23. The molecular weight excluding hydrogens is 292 g/mol. The van der Waals surface area contributed by atoms with Crippen LogP contribution in [0.15, 0.2) is 70.5 Å². The minimum atomic E-state index is 0.681. The Balaban J connectivity index is 2.00. The van der Waals surface area contributed by atoms with Crippen molar-refractivity contribution in [2.24, 2.45) is 0 Å². The van der Waals surface area contributed by atoms with Gasteiger partial charge in [0.05, 0.1) is 0 Å². The molecule has 0 aliphatic rings.